The number of nitrogens with one attached hydrogen (secondary N) is 1. The standard InChI is InChI=1S/C11H18N4/c1-7-13-9(12)8-5-6-15(10(8)14-7)11(2,3)4/h5-6,9H,12H2,1-4H3,(H,13,14). The summed E-state index contributed by atoms with van der Waals surface area (Å²) in [5, 5.41) is 3.11. The summed E-state index contributed by atoms with van der Waals surface area (Å²) in [5.41, 5.74) is 7.09. The largest absolute Gasteiger partial charge is 0.354 e. The zero-order valence-corrected chi connectivity index (χ0v) is 9.70. The number of aliphatic imine (C=N–C) groups is 1. The fourth-order valence-electron chi connectivity index (χ4n) is 1.84. The van der Waals surface area contributed by atoms with Crippen molar-refractivity contribution in [3.63, 3.8) is 0 Å². The van der Waals surface area contributed by atoms with Crippen molar-refractivity contribution in [2.75, 3.05) is 0 Å². The Bertz CT molecular complexity index is 409. The normalized spacial score (nSPS) is 20.6. The summed E-state index contributed by atoms with van der Waals surface area (Å²) in [6, 6.07) is 2.04. The Hall–Kier alpha value is -1.29. The Morgan fingerprint density at radius 3 is 2.73 bits per heavy atom. The average molecular weight is 206 g/mol. The molecule has 15 heavy (non-hydrogen) atoms. The molecule has 4 heteroatoms. The highest BCUT2D eigenvalue weighted by atomic mass is 15.2. The molecule has 1 atom stereocenters. The molecule has 82 valence electrons. The summed E-state index contributed by atoms with van der Waals surface area (Å²) in [6.45, 7) is 8.41. The molecule has 0 spiro atoms. The number of hydrogen-bond donors (Lipinski definition) is 2. The molecule has 0 aromatic carbocycles. The molecule has 0 saturated heterocycles. The highest BCUT2D eigenvalue weighted by Crippen LogP contribution is 2.32. The second kappa shape index (κ2) is 3.10. The molecular weight excluding hydrogens is 188 g/mol. The highest BCUT2D eigenvalue weighted by molar-refractivity contribution is 5.84. The first kappa shape index (κ1) is 10.2. The summed E-state index contributed by atoms with van der Waals surface area (Å²) in [7, 11) is 0. The number of amidine groups is 1. The van der Waals surface area contributed by atoms with Gasteiger partial charge in [-0.3, -0.25) is 0 Å². The minimum Gasteiger partial charge on any atom is -0.354 e. The van der Waals surface area contributed by atoms with Crippen LogP contribution in [0, 0.1) is 0 Å². The molecular formula is C11H18N4. The van der Waals surface area contributed by atoms with Gasteiger partial charge in [-0.15, -0.1) is 0 Å². The molecule has 0 radical (unpaired) electrons. The minimum absolute atomic E-state index is 0.0361. The van der Waals surface area contributed by atoms with Crippen molar-refractivity contribution in [1.82, 2.24) is 9.88 Å². The van der Waals surface area contributed by atoms with Crippen LogP contribution in [-0.2, 0) is 5.54 Å². The van der Waals surface area contributed by atoms with Crippen LogP contribution < -0.4 is 11.1 Å². The Kier molecular flexibility index (Phi) is 2.12. The van der Waals surface area contributed by atoms with Gasteiger partial charge in [0, 0.05) is 17.3 Å². The van der Waals surface area contributed by atoms with Crippen LogP contribution in [0.15, 0.2) is 17.3 Å². The second-order valence-corrected chi connectivity index (χ2v) is 4.95. The van der Waals surface area contributed by atoms with Crippen LogP contribution in [0.4, 0.5) is 5.82 Å². The predicted octanol–water partition coefficient (Wildman–Crippen LogP) is 1.85. The maximum atomic E-state index is 5.99. The molecule has 1 aromatic rings. The smallest absolute Gasteiger partial charge is 0.141 e. The molecule has 0 aliphatic carbocycles. The summed E-state index contributed by atoms with van der Waals surface area (Å²) < 4.78 is 2.16. The van der Waals surface area contributed by atoms with Gasteiger partial charge in [-0.2, -0.15) is 0 Å². The van der Waals surface area contributed by atoms with E-state index in [4.69, 9.17) is 5.73 Å². The van der Waals surface area contributed by atoms with E-state index in [0.717, 1.165) is 17.2 Å². The van der Waals surface area contributed by atoms with E-state index in [1.54, 1.807) is 0 Å². The van der Waals surface area contributed by atoms with E-state index >= 15 is 0 Å². The Morgan fingerprint density at radius 2 is 2.13 bits per heavy atom. The number of fused-ring (bicyclic) bond motifs is 1. The van der Waals surface area contributed by atoms with Gasteiger partial charge >= 0.3 is 0 Å². The number of nitrogens with zero attached hydrogens (tertiary/aromatic N) is 2. The molecule has 4 nitrogen and oxygen atoms in total. The maximum Gasteiger partial charge on any atom is 0.141 e. The van der Waals surface area contributed by atoms with Crippen molar-refractivity contribution < 1.29 is 0 Å². The number of hydrogen-bond acceptors (Lipinski definition) is 3. The first-order valence-corrected chi connectivity index (χ1v) is 5.19. The van der Waals surface area contributed by atoms with Crippen molar-refractivity contribution in [3.8, 4) is 0 Å². The fourth-order valence-corrected chi connectivity index (χ4v) is 1.84. The van der Waals surface area contributed by atoms with Crippen molar-refractivity contribution >= 4 is 11.7 Å². The van der Waals surface area contributed by atoms with E-state index in [2.05, 4.69) is 35.6 Å². The van der Waals surface area contributed by atoms with Crippen LogP contribution in [0.5, 0.6) is 0 Å². The van der Waals surface area contributed by atoms with Gasteiger partial charge in [0.1, 0.15) is 17.8 Å². The molecule has 1 unspecified atom stereocenters. The van der Waals surface area contributed by atoms with E-state index < -0.39 is 0 Å². The maximum absolute atomic E-state index is 5.99. The van der Waals surface area contributed by atoms with Gasteiger partial charge in [0.25, 0.3) is 0 Å². The predicted molar refractivity (Wildman–Crippen MR) is 62.3 cm³/mol. The lowest BCUT2D eigenvalue weighted by atomic mass is 10.1. The Labute approximate surface area is 90.2 Å². The quantitative estimate of drug-likeness (QED) is 0.680. The molecule has 0 bridgehead atoms. The number of rotatable bonds is 0. The molecule has 0 saturated carbocycles. The summed E-state index contributed by atoms with van der Waals surface area (Å²) >= 11 is 0. The van der Waals surface area contributed by atoms with Crippen LogP contribution in [0.25, 0.3) is 0 Å². The van der Waals surface area contributed by atoms with Gasteiger partial charge in [-0.1, -0.05) is 0 Å². The minimum atomic E-state index is -0.138. The summed E-state index contributed by atoms with van der Waals surface area (Å²) in [5.74, 6) is 1.85. The third kappa shape index (κ3) is 1.65. The Balaban J connectivity index is 2.57. The first-order chi connectivity index (χ1) is 6.89. The molecule has 1 aromatic heterocycles. The van der Waals surface area contributed by atoms with Crippen LogP contribution in [0.1, 0.15) is 39.4 Å². The lowest BCUT2D eigenvalue weighted by Gasteiger charge is -2.26. The van der Waals surface area contributed by atoms with E-state index in [9.17, 15) is 0 Å². The van der Waals surface area contributed by atoms with Crippen molar-refractivity contribution in [2.45, 2.75) is 39.4 Å². The number of nitrogens with two attached hydrogens (primary N) is 1. The van der Waals surface area contributed by atoms with Gasteiger partial charge < -0.3 is 15.6 Å². The fraction of sp³-hybridized carbons (Fsp3) is 0.545. The molecule has 0 amide bonds. The van der Waals surface area contributed by atoms with E-state index in [-0.39, 0.29) is 11.7 Å². The first-order valence-electron chi connectivity index (χ1n) is 5.19. The number of aromatic nitrogens is 1. The second-order valence-electron chi connectivity index (χ2n) is 4.95. The van der Waals surface area contributed by atoms with Crippen molar-refractivity contribution in [2.24, 2.45) is 10.7 Å². The van der Waals surface area contributed by atoms with Gasteiger partial charge in [-0.05, 0) is 33.8 Å². The molecule has 3 N–H and O–H groups in total. The third-order valence-electron chi connectivity index (χ3n) is 2.59. The zero-order chi connectivity index (χ0) is 11.2. The van der Waals surface area contributed by atoms with Gasteiger partial charge in [0.15, 0.2) is 0 Å². The summed E-state index contributed by atoms with van der Waals surface area (Å²) in [6.07, 6.45) is 1.91. The monoisotopic (exact) mass is 206 g/mol. The molecule has 2 heterocycles. The average Bonchev–Trinajstić information content (AvgIpc) is 2.45. The molecule has 1 aliphatic rings. The van der Waals surface area contributed by atoms with Gasteiger partial charge in [0.2, 0.25) is 0 Å². The van der Waals surface area contributed by atoms with Crippen molar-refractivity contribution in [1.29, 1.82) is 0 Å². The summed E-state index contributed by atoms with van der Waals surface area (Å²) in [4.78, 5) is 4.51. The van der Waals surface area contributed by atoms with Crippen LogP contribution in [0.3, 0.4) is 0 Å². The zero-order valence-electron chi connectivity index (χ0n) is 9.70. The molecule has 2 rings (SSSR count). The van der Waals surface area contributed by atoms with Crippen LogP contribution in [0.2, 0.25) is 0 Å². The molecule has 0 fully saturated rings. The third-order valence-corrected chi connectivity index (χ3v) is 2.59. The highest BCUT2D eigenvalue weighted by Gasteiger charge is 2.24. The lowest BCUT2D eigenvalue weighted by molar-refractivity contribution is 0.400. The SMILES string of the molecule is CC1=Nc2c(ccn2C(C)(C)C)C(N)N1. The molecule has 1 aliphatic heterocycles. The van der Waals surface area contributed by atoms with Crippen LogP contribution >= 0.6 is 0 Å². The van der Waals surface area contributed by atoms with E-state index in [1.807, 2.05) is 19.2 Å². The van der Waals surface area contributed by atoms with Gasteiger partial charge in [0.05, 0.1) is 0 Å². The van der Waals surface area contributed by atoms with Crippen LogP contribution in [-0.4, -0.2) is 10.4 Å². The lowest BCUT2D eigenvalue weighted by Crippen LogP contribution is -2.35. The Morgan fingerprint density at radius 1 is 1.47 bits per heavy atom. The van der Waals surface area contributed by atoms with Gasteiger partial charge in [-0.25, -0.2) is 4.99 Å². The topological polar surface area (TPSA) is 55.3 Å². The van der Waals surface area contributed by atoms with Crippen molar-refractivity contribution in [3.05, 3.63) is 17.8 Å². The van der Waals surface area contributed by atoms with E-state index in [1.165, 1.54) is 0 Å². The van der Waals surface area contributed by atoms with E-state index in [0.29, 0.717) is 0 Å².